The molecule has 1 spiro atoms. The summed E-state index contributed by atoms with van der Waals surface area (Å²) in [4.78, 5) is 92.7. The van der Waals surface area contributed by atoms with Crippen LogP contribution < -0.4 is 39.8 Å². The second-order valence-corrected chi connectivity index (χ2v) is 37.0. The van der Waals surface area contributed by atoms with Gasteiger partial charge >= 0.3 is 12.2 Å². The molecule has 4 aliphatic heterocycles. The minimum atomic E-state index is -2.67. The zero-order valence-corrected chi connectivity index (χ0v) is 56.7. The van der Waals surface area contributed by atoms with Crippen molar-refractivity contribution in [2.24, 2.45) is 16.3 Å². The highest BCUT2D eigenvalue weighted by molar-refractivity contribution is 6.74. The van der Waals surface area contributed by atoms with Crippen LogP contribution in [0, 0.1) is 11.3 Å². The molecular weight excluding hydrogens is 1170 g/mol. The molecule has 89 heavy (non-hydrogen) atoms. The van der Waals surface area contributed by atoms with E-state index in [4.69, 9.17) is 42.3 Å². The number of carbonyl (C=O) groups is 6. The molecule has 1 saturated heterocycles. The number of nitrogens with zero attached hydrogens (tertiary/aromatic N) is 4. The van der Waals surface area contributed by atoms with Crippen molar-refractivity contribution in [3.63, 3.8) is 0 Å². The molecule has 2 fully saturated rings. The standard InChI is InChI=1S/C66H93N7O14Si2/c1-17-27-84-62(78)70-56(41(2)3)58(75)68-42(4)57(74)69-45-23-21-43(22-24-45)38-85-63(79)73-50-34-55(53(81-12)32-48(50)60(77)72-40-66(25-26-66)35-51(72)61(73)87-89(15,16)65(8,9)10)83-29-20-18-19-28-82-54-33-49-47(31-52(54)80-11)59(76)71-37-44(30-46(71)36-67-49)39-86-88(13,14)64(5,6)7/h17,21-24,31-34,36-37,41-42,46,51,56,61H,1,18-20,25-30,35,38-40H2,2-16H3,(H,68,75)(H,69,74)(H,70,78)/t42-,46-,51-,56-,61?/m0/s1. The quantitative estimate of drug-likeness (QED) is 0.0407. The van der Waals surface area contributed by atoms with E-state index in [0.717, 1.165) is 24.8 Å². The number of fused-ring (bicyclic) bond motifs is 4. The number of unbranched alkanes of at least 4 members (excludes halogenated alkanes) is 2. The van der Waals surface area contributed by atoms with E-state index in [1.54, 1.807) is 74.4 Å². The Hall–Kier alpha value is -7.22. The summed E-state index contributed by atoms with van der Waals surface area (Å²) in [6.45, 7) is 31.8. The molecule has 1 unspecified atom stereocenters. The smallest absolute Gasteiger partial charge is 0.416 e. The van der Waals surface area contributed by atoms with Crippen LogP contribution in [0.3, 0.4) is 0 Å². The highest BCUT2D eigenvalue weighted by Crippen LogP contribution is 2.58. The number of ether oxygens (including phenoxy) is 6. The minimum absolute atomic E-state index is 0.0240. The molecule has 6 amide bonds. The first-order valence-corrected chi connectivity index (χ1v) is 36.8. The van der Waals surface area contributed by atoms with Crippen LogP contribution in [0.25, 0.3) is 0 Å². The zero-order chi connectivity index (χ0) is 65.0. The van der Waals surface area contributed by atoms with E-state index in [0.29, 0.717) is 90.9 Å². The van der Waals surface area contributed by atoms with Gasteiger partial charge in [-0.2, -0.15) is 0 Å². The van der Waals surface area contributed by atoms with Crippen molar-refractivity contribution in [3.05, 3.63) is 89.6 Å². The summed E-state index contributed by atoms with van der Waals surface area (Å²) in [6, 6.07) is 11.0. The summed E-state index contributed by atoms with van der Waals surface area (Å²) >= 11 is 0. The number of anilines is 2. The normalized spacial score (nSPS) is 19.2. The Morgan fingerprint density at radius 3 is 2.00 bits per heavy atom. The Bertz CT molecular complexity index is 3200. The highest BCUT2D eigenvalue weighted by atomic mass is 28.4. The van der Waals surface area contributed by atoms with Crippen molar-refractivity contribution >= 4 is 75.7 Å². The third-order valence-corrected chi connectivity index (χ3v) is 27.4. The highest BCUT2D eigenvalue weighted by Gasteiger charge is 2.60. The first-order chi connectivity index (χ1) is 41.9. The van der Waals surface area contributed by atoms with Crippen LogP contribution >= 0.6 is 0 Å². The molecule has 8 rings (SSSR count). The largest absolute Gasteiger partial charge is 0.493 e. The monoisotopic (exact) mass is 1260 g/mol. The molecule has 21 nitrogen and oxygen atoms in total. The topological polar surface area (TPSA) is 234 Å². The van der Waals surface area contributed by atoms with Gasteiger partial charge in [0.25, 0.3) is 11.8 Å². The number of alkyl carbamates (subject to hydrolysis) is 1. The predicted octanol–water partition coefficient (Wildman–Crippen LogP) is 12.0. The fraction of sp³-hybridized carbons (Fsp3) is 0.561. The van der Waals surface area contributed by atoms with Crippen LogP contribution in [0.2, 0.25) is 36.3 Å². The molecule has 3 N–H and O–H groups in total. The zero-order valence-electron chi connectivity index (χ0n) is 54.7. The number of amides is 6. The van der Waals surface area contributed by atoms with E-state index >= 15 is 9.59 Å². The molecule has 3 aromatic carbocycles. The summed E-state index contributed by atoms with van der Waals surface area (Å²) < 4.78 is 49.4. The number of rotatable bonds is 25. The van der Waals surface area contributed by atoms with Crippen LogP contribution in [0.5, 0.6) is 23.0 Å². The second kappa shape index (κ2) is 27.5. The third-order valence-electron chi connectivity index (χ3n) is 18.4. The fourth-order valence-corrected chi connectivity index (χ4v) is 12.9. The number of nitrogens with one attached hydrogen (secondary N) is 3. The lowest BCUT2D eigenvalue weighted by Gasteiger charge is -2.44. The SMILES string of the molecule is C=CCOC(=O)N[C@H](C(=O)N[C@@H](C)C(=O)Nc1ccc(COC(=O)N2c3cc(OCCCCCOc4cc5c(cc4OC)C(=O)N4C=C(CO[Si](C)(C)C(C)(C)C)C[C@H]4C=N5)c(OC)cc3C(=O)N3CC4(CC4)C[C@H]3C2O[Si](C)(C)C(C)(C)C)cc1)C(C)C. The average Bonchev–Trinajstić information content (AvgIpc) is 1.58. The maximum atomic E-state index is 15.1. The third kappa shape index (κ3) is 15.7. The van der Waals surface area contributed by atoms with Crippen LogP contribution in [0.15, 0.2) is 78.0 Å². The van der Waals surface area contributed by atoms with Gasteiger partial charge in [-0.05, 0) is 135 Å². The van der Waals surface area contributed by atoms with Crippen LogP contribution in [0.1, 0.15) is 134 Å². The number of carbonyl (C=O) groups excluding carboxylic acids is 6. The van der Waals surface area contributed by atoms with Gasteiger partial charge < -0.3 is 63.0 Å². The summed E-state index contributed by atoms with van der Waals surface area (Å²) in [5, 5.41) is 7.82. The van der Waals surface area contributed by atoms with Gasteiger partial charge in [-0.25, -0.2) is 14.5 Å². The van der Waals surface area contributed by atoms with E-state index < -0.39 is 65.0 Å². The van der Waals surface area contributed by atoms with Crippen LogP contribution in [0.4, 0.5) is 26.7 Å². The van der Waals surface area contributed by atoms with Crippen molar-refractivity contribution in [2.45, 2.75) is 181 Å². The van der Waals surface area contributed by atoms with Crippen molar-refractivity contribution in [2.75, 3.05) is 57.4 Å². The Kier molecular flexibility index (Phi) is 20.9. The molecule has 5 atom stereocenters. The molecule has 0 radical (unpaired) electrons. The molecule has 0 bridgehead atoms. The maximum Gasteiger partial charge on any atom is 0.416 e. The van der Waals surface area contributed by atoms with Gasteiger partial charge in [-0.3, -0.25) is 24.2 Å². The van der Waals surface area contributed by atoms with Gasteiger partial charge in [0.15, 0.2) is 45.9 Å². The van der Waals surface area contributed by atoms with Gasteiger partial charge in [0.1, 0.15) is 25.3 Å². The number of benzene rings is 3. The lowest BCUT2D eigenvalue weighted by Crippen LogP contribution is -2.58. The molecule has 3 aromatic rings. The molecule has 23 heteroatoms. The average molecular weight is 1260 g/mol. The molecule has 4 heterocycles. The van der Waals surface area contributed by atoms with E-state index in [9.17, 15) is 19.2 Å². The second-order valence-electron chi connectivity index (χ2n) is 27.5. The number of aliphatic imine (C=N–C) groups is 1. The molecule has 1 saturated carbocycles. The Morgan fingerprint density at radius 2 is 1.40 bits per heavy atom. The molecule has 0 aromatic heterocycles. The van der Waals surface area contributed by atoms with Crippen LogP contribution in [-0.4, -0.2) is 146 Å². The van der Waals surface area contributed by atoms with Crippen molar-refractivity contribution < 1.29 is 66.0 Å². The molecule has 1 aliphatic carbocycles. The lowest BCUT2D eigenvalue weighted by atomic mass is 10.0. The van der Waals surface area contributed by atoms with Crippen LogP contribution in [-0.2, 0) is 34.5 Å². The Balaban J connectivity index is 0.936. The number of methoxy groups -OCH3 is 2. The number of hydrogen-bond acceptors (Lipinski definition) is 15. The molecular formula is C66H93N7O14Si2. The first-order valence-electron chi connectivity index (χ1n) is 31.0. The minimum Gasteiger partial charge on any atom is -0.493 e. The van der Waals surface area contributed by atoms with E-state index in [2.05, 4.69) is 90.3 Å². The Labute approximate surface area is 526 Å². The molecule has 5 aliphatic rings. The fourth-order valence-electron chi connectivity index (χ4n) is 10.7. The van der Waals surface area contributed by atoms with Crippen molar-refractivity contribution in [1.82, 2.24) is 20.4 Å². The van der Waals surface area contributed by atoms with Crippen molar-refractivity contribution in [1.29, 1.82) is 0 Å². The molecule has 484 valence electrons. The summed E-state index contributed by atoms with van der Waals surface area (Å²) in [7, 11) is -1.59. The number of hydrogen-bond donors (Lipinski definition) is 3. The summed E-state index contributed by atoms with van der Waals surface area (Å²) in [6.07, 6.45) is 8.02. The lowest BCUT2D eigenvalue weighted by molar-refractivity contribution is -0.128. The first kappa shape index (κ1) is 67.7. The van der Waals surface area contributed by atoms with Gasteiger partial charge in [-0.1, -0.05) is 80.2 Å². The van der Waals surface area contributed by atoms with Gasteiger partial charge in [0.2, 0.25) is 11.8 Å². The van der Waals surface area contributed by atoms with Gasteiger partial charge in [0.05, 0.1) is 68.6 Å². The summed E-state index contributed by atoms with van der Waals surface area (Å²) in [5.41, 5.74) is 3.53. The Morgan fingerprint density at radius 1 is 0.775 bits per heavy atom. The van der Waals surface area contributed by atoms with Gasteiger partial charge in [0, 0.05) is 36.8 Å². The van der Waals surface area contributed by atoms with E-state index in [-0.39, 0.29) is 70.3 Å². The predicted molar refractivity (Wildman–Crippen MR) is 347 cm³/mol. The van der Waals surface area contributed by atoms with E-state index in [1.807, 2.05) is 17.3 Å². The maximum absolute atomic E-state index is 15.1. The summed E-state index contributed by atoms with van der Waals surface area (Å²) in [5.74, 6) is -0.163. The van der Waals surface area contributed by atoms with E-state index in [1.165, 1.54) is 25.0 Å². The van der Waals surface area contributed by atoms with Crippen molar-refractivity contribution in [3.8, 4) is 23.0 Å². The van der Waals surface area contributed by atoms with Gasteiger partial charge in [-0.15, -0.1) is 0 Å².